The summed E-state index contributed by atoms with van der Waals surface area (Å²) in [7, 11) is 0. The Morgan fingerprint density at radius 3 is 2.68 bits per heavy atom. The Morgan fingerprint density at radius 2 is 2.05 bits per heavy atom. The number of benzene rings is 1. The zero-order valence-electron chi connectivity index (χ0n) is 11.8. The molecule has 0 radical (unpaired) electrons. The van der Waals surface area contributed by atoms with Crippen LogP contribution < -0.4 is 5.32 Å². The molecule has 0 spiro atoms. The summed E-state index contributed by atoms with van der Waals surface area (Å²) >= 11 is 5.50. The maximum Gasteiger partial charge on any atom is 0.173 e. The molecule has 0 aliphatic carbocycles. The Balaban J connectivity index is 2.00. The molecular weight excluding hydrogens is 256 g/mol. The molecule has 1 fully saturated rings. The zero-order chi connectivity index (χ0) is 13.8. The normalized spacial score (nSPS) is 23.2. The fraction of sp³-hybridized carbons (Fsp3) is 0.533. The van der Waals surface area contributed by atoms with E-state index in [9.17, 15) is 0 Å². The molecule has 0 amide bonds. The lowest BCUT2D eigenvalue weighted by molar-refractivity contribution is -0.0473. The largest absolute Gasteiger partial charge is 0.372 e. The molecule has 0 aromatic heterocycles. The van der Waals surface area contributed by atoms with Crippen LogP contribution in [0.2, 0.25) is 0 Å². The minimum atomic E-state index is 0.227. The van der Waals surface area contributed by atoms with E-state index in [4.69, 9.17) is 17.0 Å². The van der Waals surface area contributed by atoms with Gasteiger partial charge in [0.15, 0.2) is 5.11 Å². The van der Waals surface area contributed by atoms with Crippen LogP contribution in [0.5, 0.6) is 0 Å². The lowest BCUT2D eigenvalue weighted by atomic mass is 10.1. The molecule has 4 heteroatoms. The summed E-state index contributed by atoms with van der Waals surface area (Å²) in [5, 5.41) is 4.12. The highest BCUT2D eigenvalue weighted by atomic mass is 32.1. The Labute approximate surface area is 120 Å². The Morgan fingerprint density at radius 1 is 1.37 bits per heavy atom. The molecule has 3 nitrogen and oxygen atoms in total. The van der Waals surface area contributed by atoms with Gasteiger partial charge in [0.1, 0.15) is 0 Å². The van der Waals surface area contributed by atoms with Crippen molar-refractivity contribution >= 4 is 23.0 Å². The molecule has 1 aliphatic rings. The Kier molecular flexibility index (Phi) is 4.77. The van der Waals surface area contributed by atoms with E-state index in [0.717, 1.165) is 30.3 Å². The van der Waals surface area contributed by atoms with Crippen molar-refractivity contribution in [3.63, 3.8) is 0 Å². The average Bonchev–Trinajstić information content (AvgIpc) is 2.37. The summed E-state index contributed by atoms with van der Waals surface area (Å²) < 4.78 is 5.72. The minimum Gasteiger partial charge on any atom is -0.372 e. The van der Waals surface area contributed by atoms with Crippen molar-refractivity contribution in [1.82, 2.24) is 4.90 Å². The van der Waals surface area contributed by atoms with Crippen LogP contribution >= 0.6 is 12.2 Å². The molecule has 19 heavy (non-hydrogen) atoms. The van der Waals surface area contributed by atoms with Gasteiger partial charge in [-0.05, 0) is 50.2 Å². The molecule has 2 atom stereocenters. The Bertz CT molecular complexity index is 440. The fourth-order valence-electron chi connectivity index (χ4n) is 2.42. The average molecular weight is 278 g/mol. The van der Waals surface area contributed by atoms with Crippen LogP contribution in [0.1, 0.15) is 26.3 Å². The van der Waals surface area contributed by atoms with Crippen LogP contribution in [0.25, 0.3) is 0 Å². The van der Waals surface area contributed by atoms with Crippen molar-refractivity contribution in [2.24, 2.45) is 0 Å². The van der Waals surface area contributed by atoms with Crippen molar-refractivity contribution in [1.29, 1.82) is 0 Å². The van der Waals surface area contributed by atoms with E-state index in [-0.39, 0.29) is 12.2 Å². The van der Waals surface area contributed by atoms with Crippen molar-refractivity contribution in [2.75, 3.05) is 18.4 Å². The first-order chi connectivity index (χ1) is 9.08. The topological polar surface area (TPSA) is 24.5 Å². The number of hydrogen-bond donors (Lipinski definition) is 1. The van der Waals surface area contributed by atoms with Gasteiger partial charge in [0.25, 0.3) is 0 Å². The first-order valence-corrected chi connectivity index (χ1v) is 7.29. The molecule has 1 aromatic rings. The fourth-order valence-corrected chi connectivity index (χ4v) is 2.68. The molecule has 0 unspecified atom stereocenters. The third-order valence-corrected chi connectivity index (χ3v) is 3.65. The van der Waals surface area contributed by atoms with Gasteiger partial charge in [0.2, 0.25) is 0 Å². The number of thiocarbonyl (C=S) groups is 1. The van der Waals surface area contributed by atoms with E-state index in [1.807, 2.05) is 0 Å². The number of nitrogens with zero attached hydrogens (tertiary/aromatic N) is 1. The second-order valence-electron chi connectivity index (χ2n) is 5.15. The maximum atomic E-state index is 5.72. The maximum absolute atomic E-state index is 5.72. The molecule has 1 saturated heterocycles. The number of rotatable bonds is 2. The highest BCUT2D eigenvalue weighted by molar-refractivity contribution is 7.80. The lowest BCUT2D eigenvalue weighted by Gasteiger charge is -2.36. The van der Waals surface area contributed by atoms with E-state index < -0.39 is 0 Å². The quantitative estimate of drug-likeness (QED) is 0.840. The van der Waals surface area contributed by atoms with Gasteiger partial charge >= 0.3 is 0 Å². The van der Waals surface area contributed by atoms with Crippen molar-refractivity contribution in [2.45, 2.75) is 39.4 Å². The summed E-state index contributed by atoms with van der Waals surface area (Å²) in [5.41, 5.74) is 2.38. The summed E-state index contributed by atoms with van der Waals surface area (Å²) in [4.78, 5) is 2.19. The van der Waals surface area contributed by atoms with Crippen LogP contribution in [-0.2, 0) is 11.2 Å². The van der Waals surface area contributed by atoms with Gasteiger partial charge in [-0.3, -0.25) is 0 Å². The Hall–Kier alpha value is -1.13. The van der Waals surface area contributed by atoms with Crippen LogP contribution in [0.3, 0.4) is 0 Å². The van der Waals surface area contributed by atoms with Crippen LogP contribution in [-0.4, -0.2) is 35.3 Å². The summed E-state index contributed by atoms with van der Waals surface area (Å²) in [6, 6.07) is 8.40. The number of aryl methyl sites for hydroxylation is 1. The van der Waals surface area contributed by atoms with Crippen molar-refractivity contribution in [3.8, 4) is 0 Å². The van der Waals surface area contributed by atoms with Gasteiger partial charge in [-0.1, -0.05) is 19.1 Å². The smallest absolute Gasteiger partial charge is 0.173 e. The third-order valence-electron chi connectivity index (χ3n) is 3.29. The summed E-state index contributed by atoms with van der Waals surface area (Å²) in [5.74, 6) is 0. The monoisotopic (exact) mass is 278 g/mol. The number of nitrogens with one attached hydrogen (secondary N) is 1. The number of ether oxygens (including phenoxy) is 1. The number of anilines is 1. The summed E-state index contributed by atoms with van der Waals surface area (Å²) in [6.07, 6.45) is 1.49. The van der Waals surface area contributed by atoms with E-state index >= 15 is 0 Å². The van der Waals surface area contributed by atoms with E-state index in [2.05, 4.69) is 55.3 Å². The highest BCUT2D eigenvalue weighted by Crippen LogP contribution is 2.15. The number of morpholine rings is 1. The van der Waals surface area contributed by atoms with Gasteiger partial charge in [-0.25, -0.2) is 0 Å². The second-order valence-corrected chi connectivity index (χ2v) is 5.53. The van der Waals surface area contributed by atoms with Crippen molar-refractivity contribution < 1.29 is 4.74 Å². The molecule has 2 rings (SSSR count). The van der Waals surface area contributed by atoms with Crippen molar-refractivity contribution in [3.05, 3.63) is 29.8 Å². The molecule has 1 aromatic carbocycles. The van der Waals surface area contributed by atoms with Crippen LogP contribution in [0, 0.1) is 0 Å². The lowest BCUT2D eigenvalue weighted by Crippen LogP contribution is -2.49. The SMILES string of the molecule is CCc1cccc(NC(=S)N2C[C@@H](C)O[C@H](C)C2)c1. The second kappa shape index (κ2) is 6.35. The van der Waals surface area contributed by atoms with E-state index in [0.29, 0.717) is 0 Å². The molecule has 1 N–H and O–H groups in total. The van der Waals surface area contributed by atoms with Gasteiger partial charge < -0.3 is 15.0 Å². The van der Waals surface area contributed by atoms with E-state index in [1.165, 1.54) is 5.56 Å². The van der Waals surface area contributed by atoms with Crippen LogP contribution in [0.4, 0.5) is 5.69 Å². The first kappa shape index (κ1) is 14.3. The molecule has 1 heterocycles. The van der Waals surface area contributed by atoms with Gasteiger partial charge in [-0.15, -0.1) is 0 Å². The van der Waals surface area contributed by atoms with E-state index in [1.54, 1.807) is 0 Å². The molecule has 104 valence electrons. The third kappa shape index (κ3) is 3.91. The predicted octanol–water partition coefficient (Wildman–Crippen LogP) is 3.06. The molecular formula is C15H22N2OS. The highest BCUT2D eigenvalue weighted by Gasteiger charge is 2.23. The zero-order valence-corrected chi connectivity index (χ0v) is 12.7. The predicted molar refractivity (Wildman–Crippen MR) is 83.6 cm³/mol. The number of hydrogen-bond acceptors (Lipinski definition) is 2. The first-order valence-electron chi connectivity index (χ1n) is 6.88. The standard InChI is InChI=1S/C15H22N2OS/c1-4-13-6-5-7-14(8-13)16-15(19)17-9-11(2)18-12(3)10-17/h5-8,11-12H,4,9-10H2,1-3H3,(H,16,19)/t11-,12-/m1/s1. The molecule has 0 saturated carbocycles. The van der Waals surface area contributed by atoms with Gasteiger partial charge in [0.05, 0.1) is 12.2 Å². The van der Waals surface area contributed by atoms with Gasteiger partial charge in [-0.2, -0.15) is 0 Å². The minimum absolute atomic E-state index is 0.227. The van der Waals surface area contributed by atoms with Crippen LogP contribution in [0.15, 0.2) is 24.3 Å². The van der Waals surface area contributed by atoms with Gasteiger partial charge in [0, 0.05) is 18.8 Å². The molecule has 0 bridgehead atoms. The molecule has 1 aliphatic heterocycles. The summed E-state index contributed by atoms with van der Waals surface area (Å²) in [6.45, 7) is 8.03.